The highest BCUT2D eigenvalue weighted by Gasteiger charge is 2.11. The molecule has 0 fully saturated rings. The number of nitriles is 1. The zero-order chi connectivity index (χ0) is 13.5. The number of rotatable bonds is 4. The predicted octanol–water partition coefficient (Wildman–Crippen LogP) is 2.91. The average molecular weight is 267 g/mol. The summed E-state index contributed by atoms with van der Waals surface area (Å²) in [5.41, 5.74) is -0.127. The van der Waals surface area contributed by atoms with Gasteiger partial charge in [0, 0.05) is 12.1 Å². The van der Waals surface area contributed by atoms with Crippen LogP contribution in [0.25, 0.3) is 6.08 Å². The van der Waals surface area contributed by atoms with Gasteiger partial charge in [-0.3, -0.25) is 4.79 Å². The van der Waals surface area contributed by atoms with Crippen LogP contribution in [0.3, 0.4) is 0 Å². The van der Waals surface area contributed by atoms with E-state index < -0.39 is 11.7 Å². The normalized spacial score (nSPS) is 10.9. The van der Waals surface area contributed by atoms with Gasteiger partial charge in [-0.15, -0.1) is 0 Å². The van der Waals surface area contributed by atoms with Crippen molar-refractivity contribution < 1.29 is 9.18 Å². The van der Waals surface area contributed by atoms with Gasteiger partial charge in [0.1, 0.15) is 17.5 Å². The van der Waals surface area contributed by atoms with E-state index in [1.165, 1.54) is 18.2 Å². The van der Waals surface area contributed by atoms with E-state index in [1.54, 1.807) is 6.07 Å². The molecule has 94 valence electrons. The Hall–Kier alpha value is -1.86. The molecular formula is C13H12ClFN2O. The molecule has 5 heteroatoms. The van der Waals surface area contributed by atoms with Crippen LogP contribution in [0.5, 0.6) is 0 Å². The van der Waals surface area contributed by atoms with E-state index in [2.05, 4.69) is 5.32 Å². The first-order chi connectivity index (χ1) is 8.60. The zero-order valence-electron chi connectivity index (χ0n) is 9.84. The summed E-state index contributed by atoms with van der Waals surface area (Å²) >= 11 is 5.81. The monoisotopic (exact) mass is 266 g/mol. The number of carbonyl (C=O) groups is 1. The summed E-state index contributed by atoms with van der Waals surface area (Å²) in [6, 6.07) is 5.91. The van der Waals surface area contributed by atoms with Crippen molar-refractivity contribution in [2.75, 3.05) is 6.54 Å². The van der Waals surface area contributed by atoms with Crippen LogP contribution in [0.1, 0.15) is 18.9 Å². The lowest BCUT2D eigenvalue weighted by atomic mass is 10.1. The third-order valence-electron chi connectivity index (χ3n) is 2.19. The Bertz CT molecular complexity index is 500. The number of carbonyl (C=O) groups excluding carboxylic acids is 1. The van der Waals surface area contributed by atoms with Crippen LogP contribution in [-0.2, 0) is 4.79 Å². The number of benzene rings is 1. The average Bonchev–Trinajstić information content (AvgIpc) is 2.35. The maximum atomic E-state index is 13.5. The number of hydrogen-bond acceptors (Lipinski definition) is 2. The van der Waals surface area contributed by atoms with E-state index >= 15 is 0 Å². The number of halogens is 2. The molecule has 1 N–H and O–H groups in total. The number of nitrogens with one attached hydrogen (secondary N) is 1. The van der Waals surface area contributed by atoms with Gasteiger partial charge in [-0.05, 0) is 24.6 Å². The Labute approximate surface area is 110 Å². The summed E-state index contributed by atoms with van der Waals surface area (Å²) in [5.74, 6) is -1.10. The van der Waals surface area contributed by atoms with Crippen LogP contribution < -0.4 is 5.32 Å². The summed E-state index contributed by atoms with van der Waals surface area (Å²) in [4.78, 5) is 11.6. The van der Waals surface area contributed by atoms with Gasteiger partial charge in [0.2, 0.25) is 0 Å². The van der Waals surface area contributed by atoms with Gasteiger partial charge in [0.05, 0.1) is 5.02 Å². The minimum atomic E-state index is -0.571. The van der Waals surface area contributed by atoms with Crippen molar-refractivity contribution >= 4 is 23.6 Å². The zero-order valence-corrected chi connectivity index (χ0v) is 10.6. The molecule has 0 saturated carbocycles. The second-order valence-electron chi connectivity index (χ2n) is 3.56. The SMILES string of the molecule is CCCNC(=O)/C(C#N)=C\c1c(F)cccc1Cl. The van der Waals surface area contributed by atoms with E-state index in [4.69, 9.17) is 16.9 Å². The largest absolute Gasteiger partial charge is 0.351 e. The van der Waals surface area contributed by atoms with E-state index in [-0.39, 0.29) is 16.2 Å². The smallest absolute Gasteiger partial charge is 0.261 e. The lowest BCUT2D eigenvalue weighted by Crippen LogP contribution is -2.25. The van der Waals surface area contributed by atoms with Crippen molar-refractivity contribution in [3.8, 4) is 6.07 Å². The Morgan fingerprint density at radius 1 is 1.61 bits per heavy atom. The maximum absolute atomic E-state index is 13.5. The van der Waals surface area contributed by atoms with Gasteiger partial charge >= 0.3 is 0 Å². The van der Waals surface area contributed by atoms with Gasteiger partial charge in [0.25, 0.3) is 5.91 Å². The Balaban J connectivity index is 3.05. The molecule has 1 aromatic carbocycles. The molecule has 0 aliphatic heterocycles. The van der Waals surface area contributed by atoms with Gasteiger partial charge in [0.15, 0.2) is 0 Å². The second-order valence-corrected chi connectivity index (χ2v) is 3.97. The number of hydrogen-bond donors (Lipinski definition) is 1. The van der Waals surface area contributed by atoms with Gasteiger partial charge in [-0.25, -0.2) is 4.39 Å². The summed E-state index contributed by atoms with van der Waals surface area (Å²) in [5, 5.41) is 11.6. The first-order valence-corrected chi connectivity index (χ1v) is 5.82. The first-order valence-electron chi connectivity index (χ1n) is 5.44. The molecule has 0 aliphatic rings. The summed E-state index contributed by atoms with van der Waals surface area (Å²) in [6.45, 7) is 2.35. The first kappa shape index (κ1) is 14.2. The van der Waals surface area contributed by atoms with Crippen LogP contribution in [0.2, 0.25) is 5.02 Å². The predicted molar refractivity (Wildman–Crippen MR) is 68.3 cm³/mol. The van der Waals surface area contributed by atoms with Crippen molar-refractivity contribution in [1.82, 2.24) is 5.32 Å². The molecule has 1 amide bonds. The van der Waals surface area contributed by atoms with Crippen LogP contribution in [0, 0.1) is 17.1 Å². The lowest BCUT2D eigenvalue weighted by Gasteiger charge is -2.03. The molecule has 1 aromatic rings. The van der Waals surface area contributed by atoms with Crippen molar-refractivity contribution in [2.45, 2.75) is 13.3 Å². The van der Waals surface area contributed by atoms with Crippen molar-refractivity contribution in [3.63, 3.8) is 0 Å². The molecule has 1 rings (SSSR count). The maximum Gasteiger partial charge on any atom is 0.261 e. The van der Waals surface area contributed by atoms with Crippen LogP contribution in [0.15, 0.2) is 23.8 Å². The third kappa shape index (κ3) is 3.57. The molecule has 0 bridgehead atoms. The molecule has 18 heavy (non-hydrogen) atoms. The van der Waals surface area contributed by atoms with Gasteiger partial charge in [-0.2, -0.15) is 5.26 Å². The molecule has 3 nitrogen and oxygen atoms in total. The lowest BCUT2D eigenvalue weighted by molar-refractivity contribution is -0.117. The fourth-order valence-electron chi connectivity index (χ4n) is 1.28. The highest BCUT2D eigenvalue weighted by atomic mass is 35.5. The topological polar surface area (TPSA) is 52.9 Å². The van der Waals surface area contributed by atoms with E-state index in [0.29, 0.717) is 6.54 Å². The fourth-order valence-corrected chi connectivity index (χ4v) is 1.49. The molecule has 0 aromatic heterocycles. The molecule has 0 unspecified atom stereocenters. The summed E-state index contributed by atoms with van der Waals surface area (Å²) < 4.78 is 13.5. The quantitative estimate of drug-likeness (QED) is 0.673. The molecular weight excluding hydrogens is 255 g/mol. The van der Waals surface area contributed by atoms with Crippen LogP contribution in [0.4, 0.5) is 4.39 Å². The van der Waals surface area contributed by atoms with Crippen molar-refractivity contribution in [1.29, 1.82) is 5.26 Å². The van der Waals surface area contributed by atoms with E-state index in [9.17, 15) is 9.18 Å². The molecule has 0 spiro atoms. The van der Waals surface area contributed by atoms with Crippen molar-refractivity contribution in [2.24, 2.45) is 0 Å². The number of amides is 1. The standard InChI is InChI=1S/C13H12ClFN2O/c1-2-6-17-13(18)9(8-16)7-10-11(14)4-3-5-12(10)15/h3-5,7H,2,6H2,1H3,(H,17,18)/b9-7-. The molecule has 0 saturated heterocycles. The van der Waals surface area contributed by atoms with E-state index in [1.807, 2.05) is 6.92 Å². The van der Waals surface area contributed by atoms with Crippen LogP contribution in [-0.4, -0.2) is 12.5 Å². The minimum Gasteiger partial charge on any atom is -0.351 e. The Morgan fingerprint density at radius 3 is 2.89 bits per heavy atom. The minimum absolute atomic E-state index is 0.0439. The number of nitrogens with zero attached hydrogens (tertiary/aromatic N) is 1. The molecule has 0 radical (unpaired) electrons. The molecule has 0 atom stereocenters. The Kier molecular flexibility index (Phi) is 5.34. The fraction of sp³-hybridized carbons (Fsp3) is 0.231. The highest BCUT2D eigenvalue weighted by Crippen LogP contribution is 2.21. The molecule has 0 heterocycles. The van der Waals surface area contributed by atoms with Crippen molar-refractivity contribution in [3.05, 3.63) is 40.2 Å². The highest BCUT2D eigenvalue weighted by molar-refractivity contribution is 6.32. The summed E-state index contributed by atoms with van der Waals surface area (Å²) in [6.07, 6.45) is 1.91. The van der Waals surface area contributed by atoms with E-state index in [0.717, 1.165) is 12.5 Å². The van der Waals surface area contributed by atoms with Gasteiger partial charge < -0.3 is 5.32 Å². The third-order valence-corrected chi connectivity index (χ3v) is 2.52. The summed E-state index contributed by atoms with van der Waals surface area (Å²) in [7, 11) is 0. The molecule has 0 aliphatic carbocycles. The second kappa shape index (κ2) is 6.77. The van der Waals surface area contributed by atoms with Crippen LogP contribution >= 0.6 is 11.6 Å². The Morgan fingerprint density at radius 2 is 2.33 bits per heavy atom. The van der Waals surface area contributed by atoms with Gasteiger partial charge in [-0.1, -0.05) is 24.6 Å².